The number of carboxylic acid groups (broad SMARTS) is 4. The minimum absolute atomic E-state index is 0.00411. The molecule has 2 saturated heterocycles. The van der Waals surface area contributed by atoms with Crippen LogP contribution in [0.3, 0.4) is 0 Å². The van der Waals surface area contributed by atoms with Crippen LogP contribution < -0.4 is 5.32 Å². The van der Waals surface area contributed by atoms with Gasteiger partial charge in [0.1, 0.15) is 17.9 Å². The molecule has 3 atom stereocenters. The summed E-state index contributed by atoms with van der Waals surface area (Å²) in [6, 6.07) is -1.88. The van der Waals surface area contributed by atoms with Crippen molar-refractivity contribution in [3.05, 3.63) is 0 Å². The number of likely N-dealkylation sites (tertiary alicyclic amines) is 1. The molecule has 7 N–H and O–H groups in total. The Bertz CT molecular complexity index is 1300. The van der Waals surface area contributed by atoms with Crippen LogP contribution in [0.4, 0.5) is 0 Å². The summed E-state index contributed by atoms with van der Waals surface area (Å²) in [4.78, 5) is 94.0. The van der Waals surface area contributed by atoms with Gasteiger partial charge in [0.2, 0.25) is 11.8 Å². The van der Waals surface area contributed by atoms with Crippen molar-refractivity contribution in [1.29, 1.82) is 0 Å². The van der Waals surface area contributed by atoms with E-state index < -0.39 is 49.0 Å². The fourth-order valence-corrected chi connectivity index (χ4v) is 7.89. The minimum Gasteiger partial charge on any atom is -0.480 e. The normalized spacial score (nSPS) is 23.8. The molecule has 3 rings (SSSR count). The Balaban J connectivity index is 1.52. The van der Waals surface area contributed by atoms with Crippen LogP contribution in [-0.4, -0.2) is 200 Å². The molecule has 2 amide bonds. The lowest BCUT2D eigenvalue weighted by atomic mass is 9.77. The summed E-state index contributed by atoms with van der Waals surface area (Å²) in [6.45, 7) is 2.42. The van der Waals surface area contributed by atoms with Crippen LogP contribution in [0, 0.1) is 11.8 Å². The van der Waals surface area contributed by atoms with Crippen LogP contribution in [-0.2, 0) is 33.6 Å². The molecule has 0 bridgehead atoms. The predicted molar refractivity (Wildman–Crippen MR) is 197 cm³/mol. The molecular weight excluding hydrogens is 723 g/mol. The lowest BCUT2D eigenvalue weighted by Crippen LogP contribution is -2.53. The Morgan fingerprint density at radius 1 is 0.673 bits per heavy atom. The van der Waals surface area contributed by atoms with Crippen molar-refractivity contribution in [1.82, 2.24) is 29.8 Å². The second-order valence-electron chi connectivity index (χ2n) is 15.1. The highest BCUT2D eigenvalue weighted by Crippen LogP contribution is 2.32. The Morgan fingerprint density at radius 2 is 1.16 bits per heavy atom. The van der Waals surface area contributed by atoms with E-state index >= 15 is 0 Å². The van der Waals surface area contributed by atoms with Gasteiger partial charge in [0.15, 0.2) is 0 Å². The molecule has 0 aromatic carbocycles. The topological polar surface area (TPSA) is 269 Å². The zero-order valence-electron chi connectivity index (χ0n) is 31.8. The van der Waals surface area contributed by atoms with Gasteiger partial charge in [0.05, 0.1) is 25.6 Å². The van der Waals surface area contributed by atoms with E-state index in [9.17, 15) is 64.0 Å². The zero-order chi connectivity index (χ0) is 40.7. The quantitative estimate of drug-likeness (QED) is 0.0769. The number of hydrogen-bond donors (Lipinski definition) is 7. The molecule has 20 heteroatoms. The molecule has 19 nitrogen and oxygen atoms in total. The number of carbonyl (C=O) groups excluding carboxylic acids is 3. The molecule has 0 spiro atoms. The van der Waals surface area contributed by atoms with Gasteiger partial charge in [-0.3, -0.25) is 53.2 Å². The Labute approximate surface area is 321 Å². The number of carboxylic acids is 4. The molecular formula is C35H59BN6O13. The predicted octanol–water partition coefficient (Wildman–Crippen LogP) is -1.64. The lowest BCUT2D eigenvalue weighted by Gasteiger charge is -2.35. The Kier molecular flexibility index (Phi) is 18.9. The SMILES string of the molecule is C[C@@H](NC(=O)C1CCC(CCC(=O)CC[C@H](C(=O)O)N2CCN(CC(=O)O)CCN(CC(=O)O)CCN(CC(=O)O)CC2)CC1)C(=O)N1CCC[C@H]1B(O)O. The number of nitrogens with zero attached hydrogens (tertiary/aromatic N) is 5. The lowest BCUT2D eigenvalue weighted by molar-refractivity contribution is -0.145. The minimum atomic E-state index is -1.64. The molecule has 0 aromatic rings. The van der Waals surface area contributed by atoms with Gasteiger partial charge >= 0.3 is 31.0 Å². The summed E-state index contributed by atoms with van der Waals surface area (Å²) < 4.78 is 0. The number of nitrogens with one attached hydrogen (secondary N) is 1. The van der Waals surface area contributed by atoms with Gasteiger partial charge < -0.3 is 40.7 Å². The third kappa shape index (κ3) is 15.8. The molecule has 0 radical (unpaired) electrons. The number of aliphatic carboxylic acids is 4. The van der Waals surface area contributed by atoms with Crippen LogP contribution in [0.25, 0.3) is 0 Å². The molecule has 3 fully saturated rings. The standard InChI is InChI=1S/C35H59BN6O13/c1-24(34(51)42-12-2-3-29(42)36(54)55)37-33(50)26-7-4-25(5-8-26)6-9-27(43)10-11-28(35(52)53)41-19-17-39(22-31(46)47)15-13-38(21-30(44)45)14-16-40(18-20-41)23-32(48)49/h24-26,28-29,54-55H,2-23H2,1H3,(H,37,50)(H,44,45)(H,46,47)(H,48,49)(H,52,53)/t24-,25?,26?,28-,29+/m1/s1. The molecule has 1 saturated carbocycles. The number of ketones is 1. The maximum atomic E-state index is 13.1. The maximum absolute atomic E-state index is 13.1. The molecule has 310 valence electrons. The van der Waals surface area contributed by atoms with Gasteiger partial charge in [-0.1, -0.05) is 0 Å². The molecule has 2 aliphatic heterocycles. The highest BCUT2D eigenvalue weighted by atomic mass is 16.4. The van der Waals surface area contributed by atoms with E-state index in [1.54, 1.807) is 26.5 Å². The second-order valence-corrected chi connectivity index (χ2v) is 15.1. The summed E-state index contributed by atoms with van der Waals surface area (Å²) in [5, 5.41) is 60.5. The van der Waals surface area contributed by atoms with E-state index in [1.807, 2.05) is 0 Å². The van der Waals surface area contributed by atoms with Crippen molar-refractivity contribution in [3.8, 4) is 0 Å². The fraction of sp³-hybridized carbons (Fsp3) is 0.800. The van der Waals surface area contributed by atoms with Crippen molar-refractivity contribution in [3.63, 3.8) is 0 Å². The highest BCUT2D eigenvalue weighted by Gasteiger charge is 2.39. The molecule has 55 heavy (non-hydrogen) atoms. The van der Waals surface area contributed by atoms with Gasteiger partial charge in [-0.25, -0.2) is 0 Å². The summed E-state index contributed by atoms with van der Waals surface area (Å²) in [6.07, 6.45) is 4.63. The van der Waals surface area contributed by atoms with Crippen LogP contribution in [0.1, 0.15) is 71.1 Å². The van der Waals surface area contributed by atoms with Crippen molar-refractivity contribution in [2.75, 3.05) is 78.5 Å². The van der Waals surface area contributed by atoms with Gasteiger partial charge in [-0.05, 0) is 64.2 Å². The zero-order valence-corrected chi connectivity index (χ0v) is 31.8. The number of rotatable bonds is 18. The summed E-state index contributed by atoms with van der Waals surface area (Å²) >= 11 is 0. The van der Waals surface area contributed by atoms with E-state index in [2.05, 4.69) is 5.32 Å². The fourth-order valence-electron chi connectivity index (χ4n) is 7.89. The number of amides is 2. The van der Waals surface area contributed by atoms with E-state index in [4.69, 9.17) is 0 Å². The Morgan fingerprint density at radius 3 is 1.62 bits per heavy atom. The largest absolute Gasteiger partial charge is 0.480 e. The van der Waals surface area contributed by atoms with Crippen LogP contribution in [0.15, 0.2) is 0 Å². The van der Waals surface area contributed by atoms with Gasteiger partial charge in [0.25, 0.3) is 0 Å². The first-order chi connectivity index (χ1) is 26.0. The van der Waals surface area contributed by atoms with Gasteiger partial charge in [-0.15, -0.1) is 0 Å². The third-order valence-electron chi connectivity index (χ3n) is 11.1. The monoisotopic (exact) mass is 782 g/mol. The van der Waals surface area contributed by atoms with Crippen molar-refractivity contribution < 1.29 is 64.0 Å². The van der Waals surface area contributed by atoms with Gasteiger partial charge in [0, 0.05) is 77.7 Å². The van der Waals surface area contributed by atoms with Crippen LogP contribution >= 0.6 is 0 Å². The number of hydrogen-bond acceptors (Lipinski definition) is 13. The van der Waals surface area contributed by atoms with Crippen molar-refractivity contribution in [2.45, 2.75) is 89.2 Å². The van der Waals surface area contributed by atoms with E-state index in [0.29, 0.717) is 38.6 Å². The maximum Gasteiger partial charge on any atom is 0.475 e. The Hall–Kier alpha value is -3.69. The van der Waals surface area contributed by atoms with Gasteiger partial charge in [-0.2, -0.15) is 0 Å². The van der Waals surface area contributed by atoms with Crippen molar-refractivity contribution >= 4 is 48.6 Å². The first-order valence-corrected chi connectivity index (χ1v) is 19.3. The molecule has 1 aliphatic carbocycles. The first kappa shape index (κ1) is 45.7. The van der Waals surface area contributed by atoms with E-state index in [1.165, 1.54) is 4.90 Å². The molecule has 3 aliphatic rings. The van der Waals surface area contributed by atoms with E-state index in [0.717, 1.165) is 12.8 Å². The number of carbonyl (C=O) groups is 7. The first-order valence-electron chi connectivity index (χ1n) is 19.3. The summed E-state index contributed by atoms with van der Waals surface area (Å²) in [5.41, 5.74) is 0. The van der Waals surface area contributed by atoms with Crippen LogP contribution in [0.2, 0.25) is 0 Å². The van der Waals surface area contributed by atoms with E-state index in [-0.39, 0.29) is 121 Å². The summed E-state index contributed by atoms with van der Waals surface area (Å²) in [5.74, 6) is -5.83. The average molecular weight is 783 g/mol. The number of Topliss-reactive ketones (excluding diaryl/α,β-unsaturated/α-hetero) is 1. The second kappa shape index (κ2) is 22.8. The third-order valence-corrected chi connectivity index (χ3v) is 11.1. The average Bonchev–Trinajstić information content (AvgIpc) is 3.61. The molecule has 0 unspecified atom stereocenters. The molecule has 0 aromatic heterocycles. The summed E-state index contributed by atoms with van der Waals surface area (Å²) in [7, 11) is -1.64. The molecule has 2 heterocycles. The smallest absolute Gasteiger partial charge is 0.475 e. The highest BCUT2D eigenvalue weighted by molar-refractivity contribution is 6.43. The van der Waals surface area contributed by atoms with Crippen LogP contribution in [0.5, 0.6) is 0 Å². The van der Waals surface area contributed by atoms with Crippen molar-refractivity contribution in [2.24, 2.45) is 11.8 Å².